The number of aromatic nitrogens is 3. The molecular formula is C14H24N4O2. The molecule has 0 aromatic carbocycles. The van der Waals surface area contributed by atoms with Gasteiger partial charge in [-0.15, -0.1) is 0 Å². The van der Waals surface area contributed by atoms with Gasteiger partial charge in [-0.05, 0) is 19.3 Å². The minimum atomic E-state index is -0.282. The van der Waals surface area contributed by atoms with E-state index in [1.165, 1.54) is 7.11 Å². The Morgan fingerprint density at radius 1 is 1.55 bits per heavy atom. The van der Waals surface area contributed by atoms with Gasteiger partial charge in [0.15, 0.2) is 5.82 Å². The molecule has 2 rings (SSSR count). The van der Waals surface area contributed by atoms with Gasteiger partial charge in [0, 0.05) is 12.5 Å². The fourth-order valence-electron chi connectivity index (χ4n) is 2.51. The summed E-state index contributed by atoms with van der Waals surface area (Å²) in [6.45, 7) is 7.06. The predicted octanol–water partition coefficient (Wildman–Crippen LogP) is 1.78. The van der Waals surface area contributed by atoms with E-state index in [4.69, 9.17) is 4.74 Å². The summed E-state index contributed by atoms with van der Waals surface area (Å²) in [7, 11) is 1.42. The van der Waals surface area contributed by atoms with Gasteiger partial charge < -0.3 is 4.74 Å². The van der Waals surface area contributed by atoms with Crippen molar-refractivity contribution in [1.29, 1.82) is 0 Å². The highest BCUT2D eigenvalue weighted by Crippen LogP contribution is 2.25. The van der Waals surface area contributed by atoms with Crippen LogP contribution in [-0.2, 0) is 16.1 Å². The smallest absolute Gasteiger partial charge is 0.322 e. The molecular weight excluding hydrogens is 256 g/mol. The van der Waals surface area contributed by atoms with E-state index >= 15 is 0 Å². The quantitative estimate of drug-likeness (QED) is 0.833. The van der Waals surface area contributed by atoms with Crippen LogP contribution in [0.25, 0.3) is 0 Å². The minimum absolute atomic E-state index is 0.0767. The lowest BCUT2D eigenvalue weighted by Crippen LogP contribution is -2.41. The molecule has 0 amide bonds. The van der Waals surface area contributed by atoms with Crippen molar-refractivity contribution in [1.82, 2.24) is 20.1 Å². The summed E-state index contributed by atoms with van der Waals surface area (Å²) in [5.41, 5.74) is 0. The second-order valence-electron chi connectivity index (χ2n) is 5.55. The standard InChI is InChI=1S/C14H24N4O2/c1-5-10(14(19)20-4)15-11-7-6-8-18-13(11)16-12(17-18)9(2)3/h9-11,15H,5-8H2,1-4H3/t10-,11+/m1/s1. The maximum atomic E-state index is 11.7. The summed E-state index contributed by atoms with van der Waals surface area (Å²) < 4.78 is 6.80. The molecule has 2 heterocycles. The monoisotopic (exact) mass is 280 g/mol. The number of carbonyl (C=O) groups is 1. The fraction of sp³-hybridized carbons (Fsp3) is 0.786. The Kier molecular flexibility index (Phi) is 4.75. The molecule has 1 N–H and O–H groups in total. The molecule has 0 saturated heterocycles. The first-order valence-corrected chi connectivity index (χ1v) is 7.35. The Morgan fingerprint density at radius 2 is 2.30 bits per heavy atom. The maximum absolute atomic E-state index is 11.7. The Morgan fingerprint density at radius 3 is 2.90 bits per heavy atom. The molecule has 0 saturated carbocycles. The van der Waals surface area contributed by atoms with Crippen LogP contribution in [-0.4, -0.2) is 33.9 Å². The third-order valence-electron chi connectivity index (χ3n) is 3.70. The second kappa shape index (κ2) is 6.35. The molecule has 6 nitrogen and oxygen atoms in total. The summed E-state index contributed by atoms with van der Waals surface area (Å²) >= 11 is 0. The van der Waals surface area contributed by atoms with Crippen LogP contribution in [0.15, 0.2) is 0 Å². The normalized spacial score (nSPS) is 19.8. The van der Waals surface area contributed by atoms with Crippen LogP contribution in [0.1, 0.15) is 63.6 Å². The average molecular weight is 280 g/mol. The number of methoxy groups -OCH3 is 1. The Bertz CT molecular complexity index is 470. The molecule has 6 heteroatoms. The summed E-state index contributed by atoms with van der Waals surface area (Å²) in [5.74, 6) is 1.92. The average Bonchev–Trinajstić information content (AvgIpc) is 2.88. The summed E-state index contributed by atoms with van der Waals surface area (Å²) in [4.78, 5) is 16.4. The zero-order chi connectivity index (χ0) is 14.7. The zero-order valence-electron chi connectivity index (χ0n) is 12.7. The van der Waals surface area contributed by atoms with Gasteiger partial charge >= 0.3 is 5.97 Å². The number of nitrogens with one attached hydrogen (secondary N) is 1. The third kappa shape index (κ3) is 3.00. The van der Waals surface area contributed by atoms with Crippen LogP contribution in [0, 0.1) is 0 Å². The molecule has 0 fully saturated rings. The molecule has 112 valence electrons. The number of rotatable bonds is 5. The fourth-order valence-corrected chi connectivity index (χ4v) is 2.51. The highest BCUT2D eigenvalue weighted by molar-refractivity contribution is 5.75. The van der Waals surface area contributed by atoms with Crippen LogP contribution < -0.4 is 5.32 Å². The minimum Gasteiger partial charge on any atom is -0.468 e. The lowest BCUT2D eigenvalue weighted by Gasteiger charge is -2.26. The first-order valence-electron chi connectivity index (χ1n) is 7.35. The number of fused-ring (bicyclic) bond motifs is 1. The van der Waals surface area contributed by atoms with Gasteiger partial charge in [-0.2, -0.15) is 5.10 Å². The number of ether oxygens (including phenoxy) is 1. The van der Waals surface area contributed by atoms with Crippen molar-refractivity contribution in [2.24, 2.45) is 0 Å². The van der Waals surface area contributed by atoms with E-state index in [9.17, 15) is 4.79 Å². The van der Waals surface area contributed by atoms with Gasteiger partial charge in [-0.3, -0.25) is 10.1 Å². The van der Waals surface area contributed by atoms with Crippen LogP contribution in [0.2, 0.25) is 0 Å². The number of nitrogens with zero attached hydrogens (tertiary/aromatic N) is 3. The van der Waals surface area contributed by atoms with E-state index in [1.54, 1.807) is 0 Å². The topological polar surface area (TPSA) is 69.0 Å². The van der Waals surface area contributed by atoms with Crippen molar-refractivity contribution in [2.45, 2.75) is 64.6 Å². The predicted molar refractivity (Wildman–Crippen MR) is 75.3 cm³/mol. The Balaban J connectivity index is 2.17. The second-order valence-corrected chi connectivity index (χ2v) is 5.55. The van der Waals surface area contributed by atoms with Gasteiger partial charge in [0.2, 0.25) is 0 Å². The van der Waals surface area contributed by atoms with Gasteiger partial charge in [0.1, 0.15) is 11.9 Å². The number of hydrogen-bond donors (Lipinski definition) is 1. The van der Waals surface area contributed by atoms with Crippen LogP contribution >= 0.6 is 0 Å². The molecule has 0 aliphatic carbocycles. The first-order chi connectivity index (χ1) is 9.56. The SMILES string of the molecule is CC[C@@H](N[C@H]1CCCn2nc(C(C)C)nc21)C(=O)OC. The Hall–Kier alpha value is -1.43. The molecule has 1 aliphatic heterocycles. The number of carbonyl (C=O) groups excluding carboxylic acids is 1. The first kappa shape index (κ1) is 15.0. The highest BCUT2D eigenvalue weighted by Gasteiger charge is 2.29. The van der Waals surface area contributed by atoms with Gasteiger partial charge in [-0.25, -0.2) is 9.67 Å². The molecule has 0 spiro atoms. The highest BCUT2D eigenvalue weighted by atomic mass is 16.5. The van der Waals surface area contributed by atoms with Gasteiger partial charge in [-0.1, -0.05) is 20.8 Å². The van der Waals surface area contributed by atoms with Crippen molar-refractivity contribution >= 4 is 5.97 Å². The largest absolute Gasteiger partial charge is 0.468 e. The van der Waals surface area contributed by atoms with E-state index in [0.717, 1.165) is 31.0 Å². The molecule has 0 unspecified atom stereocenters. The van der Waals surface area contributed by atoms with Crippen LogP contribution in [0.4, 0.5) is 0 Å². The van der Waals surface area contributed by atoms with E-state index < -0.39 is 0 Å². The third-order valence-corrected chi connectivity index (χ3v) is 3.70. The maximum Gasteiger partial charge on any atom is 0.322 e. The van der Waals surface area contributed by atoms with Crippen LogP contribution in [0.5, 0.6) is 0 Å². The molecule has 0 bridgehead atoms. The van der Waals surface area contributed by atoms with E-state index in [2.05, 4.69) is 29.2 Å². The Labute approximate surface area is 119 Å². The number of esters is 1. The lowest BCUT2D eigenvalue weighted by atomic mass is 10.1. The molecule has 20 heavy (non-hydrogen) atoms. The van der Waals surface area contributed by atoms with Crippen molar-refractivity contribution in [3.63, 3.8) is 0 Å². The van der Waals surface area contributed by atoms with Crippen LogP contribution in [0.3, 0.4) is 0 Å². The van der Waals surface area contributed by atoms with Gasteiger partial charge in [0.25, 0.3) is 0 Å². The van der Waals surface area contributed by atoms with Crippen molar-refractivity contribution < 1.29 is 9.53 Å². The molecule has 0 radical (unpaired) electrons. The van der Waals surface area contributed by atoms with Gasteiger partial charge in [0.05, 0.1) is 13.2 Å². The molecule has 1 aliphatic rings. The zero-order valence-corrected chi connectivity index (χ0v) is 12.7. The number of hydrogen-bond acceptors (Lipinski definition) is 5. The lowest BCUT2D eigenvalue weighted by molar-refractivity contribution is -0.143. The summed E-state index contributed by atoms with van der Waals surface area (Å²) in [6.07, 6.45) is 2.72. The van der Waals surface area contributed by atoms with E-state index in [1.807, 2.05) is 11.6 Å². The summed E-state index contributed by atoms with van der Waals surface area (Å²) in [5, 5.41) is 7.91. The molecule has 1 aromatic rings. The molecule has 2 atom stereocenters. The van der Waals surface area contributed by atoms with Crippen molar-refractivity contribution in [2.75, 3.05) is 7.11 Å². The van der Waals surface area contributed by atoms with E-state index in [-0.39, 0.29) is 18.1 Å². The van der Waals surface area contributed by atoms with E-state index in [0.29, 0.717) is 12.3 Å². The van der Waals surface area contributed by atoms with Crippen molar-refractivity contribution in [3.8, 4) is 0 Å². The van der Waals surface area contributed by atoms with Crippen molar-refractivity contribution in [3.05, 3.63) is 11.6 Å². The molecule has 1 aromatic heterocycles. The number of aryl methyl sites for hydroxylation is 1. The summed E-state index contributed by atoms with van der Waals surface area (Å²) in [6, 6.07) is -0.205.